The summed E-state index contributed by atoms with van der Waals surface area (Å²) in [5, 5.41) is 0. The van der Waals surface area contributed by atoms with Crippen molar-refractivity contribution in [2.24, 2.45) is 0 Å². The number of hydrogen-bond acceptors (Lipinski definition) is 6. The van der Waals surface area contributed by atoms with E-state index in [9.17, 15) is 14.4 Å². The number of carbonyl (C=O) groups excluding carboxylic acids is 3. The van der Waals surface area contributed by atoms with Gasteiger partial charge in [0.15, 0.2) is 6.10 Å². The smallest absolute Gasteiger partial charge is 0.306 e. The van der Waals surface area contributed by atoms with Gasteiger partial charge in [-0.05, 0) is 161 Å². The number of rotatable bonds is 54. The summed E-state index contributed by atoms with van der Waals surface area (Å²) in [6.45, 7) is 6.28. The fourth-order valence-corrected chi connectivity index (χ4v) is 7.75. The third-order valence-corrected chi connectivity index (χ3v) is 12.4. The van der Waals surface area contributed by atoms with Crippen molar-refractivity contribution < 1.29 is 28.6 Å². The third kappa shape index (κ3) is 63.2. The molecule has 0 saturated carbocycles. The average Bonchev–Trinajstić information content (AvgIpc) is 3.45. The van der Waals surface area contributed by atoms with Gasteiger partial charge in [0.25, 0.3) is 0 Å². The van der Waals surface area contributed by atoms with Crippen molar-refractivity contribution >= 4 is 17.9 Å². The Balaban J connectivity index is 4.55. The first-order chi connectivity index (χ1) is 39.0. The molecule has 0 aliphatic carbocycles. The molecule has 6 nitrogen and oxygen atoms in total. The number of ether oxygens (including phenoxy) is 3. The first kappa shape index (κ1) is 73.5. The highest BCUT2D eigenvalue weighted by molar-refractivity contribution is 5.71. The Labute approximate surface area is 484 Å². The topological polar surface area (TPSA) is 78.9 Å². The minimum Gasteiger partial charge on any atom is -0.462 e. The minimum absolute atomic E-state index is 0.128. The maximum Gasteiger partial charge on any atom is 0.306 e. The predicted molar refractivity (Wildman–Crippen MR) is 343 cm³/mol. The highest BCUT2D eigenvalue weighted by atomic mass is 16.6. The maximum absolute atomic E-state index is 12.9. The summed E-state index contributed by atoms with van der Waals surface area (Å²) in [4.78, 5) is 38.3. The Morgan fingerprint density at radius 3 is 0.797 bits per heavy atom. The van der Waals surface area contributed by atoms with Gasteiger partial charge >= 0.3 is 17.9 Å². The van der Waals surface area contributed by atoms with E-state index in [4.69, 9.17) is 14.2 Å². The second kappa shape index (κ2) is 65.0. The molecule has 0 aromatic heterocycles. The zero-order chi connectivity index (χ0) is 57.1. The highest BCUT2D eigenvalue weighted by Crippen LogP contribution is 2.12. The summed E-state index contributed by atoms with van der Waals surface area (Å²) in [7, 11) is 0. The molecular formula is C73H112O6. The van der Waals surface area contributed by atoms with Crippen LogP contribution in [0.25, 0.3) is 0 Å². The number of esters is 3. The van der Waals surface area contributed by atoms with Crippen molar-refractivity contribution in [3.05, 3.63) is 182 Å². The summed E-state index contributed by atoms with van der Waals surface area (Å²) < 4.78 is 16.8. The van der Waals surface area contributed by atoms with Gasteiger partial charge in [-0.1, -0.05) is 242 Å². The second-order valence-corrected chi connectivity index (χ2v) is 19.8. The van der Waals surface area contributed by atoms with Gasteiger partial charge < -0.3 is 14.2 Å². The first-order valence-corrected chi connectivity index (χ1v) is 31.3. The molecule has 0 spiro atoms. The van der Waals surface area contributed by atoms with Crippen LogP contribution in [0, 0.1) is 0 Å². The van der Waals surface area contributed by atoms with Crippen molar-refractivity contribution in [1.82, 2.24) is 0 Å². The summed E-state index contributed by atoms with van der Waals surface area (Å²) in [6, 6.07) is 0. The van der Waals surface area contributed by atoms with Crippen LogP contribution in [0.4, 0.5) is 0 Å². The monoisotopic (exact) mass is 1080 g/mol. The quantitative estimate of drug-likeness (QED) is 0.0261. The molecule has 0 N–H and O–H groups in total. The highest BCUT2D eigenvalue weighted by Gasteiger charge is 2.19. The molecule has 0 aromatic rings. The Morgan fingerprint density at radius 2 is 0.494 bits per heavy atom. The molecule has 6 heteroatoms. The first-order valence-electron chi connectivity index (χ1n) is 31.3. The van der Waals surface area contributed by atoms with Crippen LogP contribution in [0.5, 0.6) is 0 Å². The Morgan fingerprint density at radius 1 is 0.266 bits per heavy atom. The van der Waals surface area contributed by atoms with Crippen LogP contribution in [-0.4, -0.2) is 37.2 Å². The van der Waals surface area contributed by atoms with E-state index in [2.05, 4.69) is 203 Å². The maximum atomic E-state index is 12.9. The molecule has 0 aliphatic heterocycles. The van der Waals surface area contributed by atoms with Crippen molar-refractivity contribution in [1.29, 1.82) is 0 Å². The van der Waals surface area contributed by atoms with Gasteiger partial charge in [-0.2, -0.15) is 0 Å². The average molecular weight is 1090 g/mol. The van der Waals surface area contributed by atoms with Gasteiger partial charge in [-0.15, -0.1) is 0 Å². The van der Waals surface area contributed by atoms with Gasteiger partial charge in [0.05, 0.1) is 0 Å². The molecule has 440 valence electrons. The lowest BCUT2D eigenvalue weighted by molar-refractivity contribution is -0.167. The molecule has 79 heavy (non-hydrogen) atoms. The molecule has 0 rings (SSSR count). The molecule has 0 aliphatic rings. The third-order valence-electron chi connectivity index (χ3n) is 12.4. The lowest BCUT2D eigenvalue weighted by Crippen LogP contribution is -2.30. The van der Waals surface area contributed by atoms with Gasteiger partial charge in [0, 0.05) is 19.3 Å². The number of unbranched alkanes of at least 4 members (excludes halogenated alkanes) is 13. The van der Waals surface area contributed by atoms with E-state index in [1.54, 1.807) is 0 Å². The van der Waals surface area contributed by atoms with Crippen molar-refractivity contribution in [2.75, 3.05) is 13.2 Å². The van der Waals surface area contributed by atoms with Crippen LogP contribution >= 0.6 is 0 Å². The van der Waals surface area contributed by atoms with Crippen LogP contribution in [0.3, 0.4) is 0 Å². The summed E-state index contributed by atoms with van der Waals surface area (Å²) in [5.41, 5.74) is 0. The van der Waals surface area contributed by atoms with E-state index >= 15 is 0 Å². The van der Waals surface area contributed by atoms with Gasteiger partial charge in [-0.25, -0.2) is 0 Å². The van der Waals surface area contributed by atoms with Gasteiger partial charge in [0.1, 0.15) is 13.2 Å². The molecule has 1 unspecified atom stereocenters. The van der Waals surface area contributed by atoms with Crippen LogP contribution in [-0.2, 0) is 28.6 Å². The van der Waals surface area contributed by atoms with Crippen LogP contribution < -0.4 is 0 Å². The zero-order valence-electron chi connectivity index (χ0n) is 50.3. The van der Waals surface area contributed by atoms with Crippen LogP contribution in [0.2, 0.25) is 0 Å². The fraction of sp³-hybridized carbons (Fsp3) is 0.548. The molecule has 0 radical (unpaired) electrons. The minimum atomic E-state index is -0.833. The summed E-state index contributed by atoms with van der Waals surface area (Å²) in [6.07, 6.45) is 97.5. The molecule has 0 bridgehead atoms. The largest absolute Gasteiger partial charge is 0.462 e. The molecule has 1 atom stereocenters. The van der Waals surface area contributed by atoms with E-state index in [1.165, 1.54) is 38.5 Å². The summed E-state index contributed by atoms with van der Waals surface area (Å²) >= 11 is 0. The van der Waals surface area contributed by atoms with Gasteiger partial charge in [-0.3, -0.25) is 14.4 Å². The number of allylic oxidation sites excluding steroid dienone is 30. The van der Waals surface area contributed by atoms with Crippen LogP contribution in [0.15, 0.2) is 182 Å². The fourth-order valence-electron chi connectivity index (χ4n) is 7.75. The van der Waals surface area contributed by atoms with Crippen LogP contribution in [0.1, 0.15) is 239 Å². The predicted octanol–water partition coefficient (Wildman–Crippen LogP) is 21.7. The van der Waals surface area contributed by atoms with E-state index in [-0.39, 0.29) is 50.4 Å². The molecular weight excluding hydrogens is 973 g/mol. The Kier molecular flexibility index (Phi) is 60.5. The number of carbonyl (C=O) groups is 3. The normalized spacial score (nSPS) is 13.4. The second-order valence-electron chi connectivity index (χ2n) is 19.8. The standard InChI is InChI=1S/C73H112O6/c1-4-7-10-13-16-19-22-25-28-30-32-33-34-35-36-37-38-39-41-42-45-48-51-54-57-60-63-66-72(75)78-69-70(68-77-71(74)65-62-59-56-53-50-47-44-27-24-21-18-15-12-9-6-3)79-73(76)67-64-61-58-55-52-49-46-43-40-31-29-26-23-20-17-14-11-8-5-2/h7,9-10,12,16-21,25-29,32-33,35-36,38-40,42-45,50-51,53-54,70H,4-6,8,11,13-15,22-24,30-31,34,37,41,46-49,52,55-69H2,1-3H3/b10-7-,12-9-,19-16-,20-17-,21-18-,28-25-,29-26-,33-32-,36-35-,39-38-,43-40-,44-27-,45-42-,53-50-,54-51-. The lowest BCUT2D eigenvalue weighted by Gasteiger charge is -2.18. The zero-order valence-corrected chi connectivity index (χ0v) is 50.3. The van der Waals surface area contributed by atoms with Gasteiger partial charge in [0.2, 0.25) is 0 Å². The van der Waals surface area contributed by atoms with E-state index in [0.29, 0.717) is 12.8 Å². The van der Waals surface area contributed by atoms with E-state index in [1.807, 2.05) is 0 Å². The molecule has 0 saturated heterocycles. The molecule has 0 heterocycles. The molecule has 0 fully saturated rings. The van der Waals surface area contributed by atoms with Crippen molar-refractivity contribution in [3.63, 3.8) is 0 Å². The van der Waals surface area contributed by atoms with Crippen molar-refractivity contribution in [2.45, 2.75) is 245 Å². The van der Waals surface area contributed by atoms with E-state index < -0.39 is 6.10 Å². The molecule has 0 aromatic carbocycles. The SMILES string of the molecule is CC/C=C\C/C=C\C/C=C\C/C=C\C/C=C\C/C=C\C/C=C\C/C=C\CCCCC(=O)OCC(COC(=O)CCCC/C=C\C/C=C\C/C=C\C/C=C\CC)OC(=O)CCCCCCCC/C=C\C/C=C\C/C=C\CCCCC. The Hall–Kier alpha value is -5.49. The summed E-state index contributed by atoms with van der Waals surface area (Å²) in [5.74, 6) is -1.03. The molecule has 0 amide bonds. The Bertz CT molecular complexity index is 1870. The lowest BCUT2D eigenvalue weighted by atomic mass is 10.1. The van der Waals surface area contributed by atoms with E-state index in [0.717, 1.165) is 148 Å². The van der Waals surface area contributed by atoms with Crippen molar-refractivity contribution in [3.8, 4) is 0 Å². The number of hydrogen-bond donors (Lipinski definition) is 0.